The Bertz CT molecular complexity index is 1090. The molecule has 5 rings (SSSR count). The molecule has 2 heteroatoms. The standard InChI is InChI=1S/C25H24N2/c1-18-11-7-9-15-22(18)26-17-27-23-16-10-8-14-21(23)25(3,24(27)19(26)2)20-12-5-4-6-13-20/h4-16H,17H2,1-3H3/i17D. The van der Waals surface area contributed by atoms with E-state index in [0.717, 1.165) is 17.1 Å². The van der Waals surface area contributed by atoms with Crippen LogP contribution in [0.4, 0.5) is 11.4 Å². The minimum Gasteiger partial charge on any atom is -0.325 e. The Kier molecular flexibility index (Phi) is 3.21. The summed E-state index contributed by atoms with van der Waals surface area (Å²) in [6, 6.07) is 27.6. The number of hydrogen-bond donors (Lipinski definition) is 0. The molecule has 2 atom stereocenters. The smallest absolute Gasteiger partial charge is 0.0995 e. The second-order valence-corrected chi connectivity index (χ2v) is 7.58. The van der Waals surface area contributed by atoms with E-state index in [-0.39, 0.29) is 5.41 Å². The van der Waals surface area contributed by atoms with Crippen LogP contribution in [0, 0.1) is 6.92 Å². The number of hydrogen-bond acceptors (Lipinski definition) is 2. The highest BCUT2D eigenvalue weighted by atomic mass is 15.4. The van der Waals surface area contributed by atoms with Crippen molar-refractivity contribution in [3.63, 3.8) is 0 Å². The van der Waals surface area contributed by atoms with Crippen molar-refractivity contribution in [2.45, 2.75) is 26.2 Å². The summed E-state index contributed by atoms with van der Waals surface area (Å²) in [7, 11) is 0. The van der Waals surface area contributed by atoms with Crippen LogP contribution in [0.5, 0.6) is 0 Å². The molecule has 2 aliphatic heterocycles. The minimum absolute atomic E-state index is 0.279. The Balaban J connectivity index is 1.79. The summed E-state index contributed by atoms with van der Waals surface area (Å²) < 4.78 is 9.16. The molecule has 0 aliphatic carbocycles. The van der Waals surface area contributed by atoms with Crippen LogP contribution in [0.2, 0.25) is 0 Å². The highest BCUT2D eigenvalue weighted by molar-refractivity contribution is 5.79. The van der Waals surface area contributed by atoms with Gasteiger partial charge in [0.05, 0.1) is 19.1 Å². The largest absolute Gasteiger partial charge is 0.325 e. The minimum atomic E-state index is -0.511. The van der Waals surface area contributed by atoms with Gasteiger partial charge < -0.3 is 9.80 Å². The highest BCUT2D eigenvalue weighted by Gasteiger charge is 2.49. The van der Waals surface area contributed by atoms with Crippen molar-refractivity contribution in [3.8, 4) is 0 Å². The van der Waals surface area contributed by atoms with Crippen LogP contribution in [0.3, 0.4) is 0 Å². The first kappa shape index (κ1) is 15.1. The lowest BCUT2D eigenvalue weighted by molar-refractivity contribution is 0.689. The van der Waals surface area contributed by atoms with Crippen LogP contribution >= 0.6 is 0 Å². The van der Waals surface area contributed by atoms with Gasteiger partial charge in [-0.2, -0.15) is 0 Å². The molecule has 3 aromatic carbocycles. The quantitative estimate of drug-likeness (QED) is 0.572. The Morgan fingerprint density at radius 2 is 1.41 bits per heavy atom. The van der Waals surface area contributed by atoms with E-state index in [9.17, 15) is 0 Å². The topological polar surface area (TPSA) is 6.48 Å². The lowest BCUT2D eigenvalue weighted by Gasteiger charge is -2.29. The van der Waals surface area contributed by atoms with Gasteiger partial charge in [-0.05, 0) is 49.6 Å². The highest BCUT2D eigenvalue weighted by Crippen LogP contribution is 2.55. The molecule has 2 unspecified atom stereocenters. The van der Waals surface area contributed by atoms with Crippen LogP contribution in [0.25, 0.3) is 0 Å². The van der Waals surface area contributed by atoms with E-state index in [1.807, 2.05) is 0 Å². The van der Waals surface area contributed by atoms with Gasteiger partial charge in [0.15, 0.2) is 0 Å². The monoisotopic (exact) mass is 353 g/mol. The molecule has 0 radical (unpaired) electrons. The molecule has 0 saturated heterocycles. The van der Waals surface area contributed by atoms with E-state index in [4.69, 9.17) is 1.37 Å². The summed E-state index contributed by atoms with van der Waals surface area (Å²) in [6.45, 7) is 6.07. The first-order valence-corrected chi connectivity index (χ1v) is 9.48. The van der Waals surface area contributed by atoms with Crippen molar-refractivity contribution in [3.05, 3.63) is 107 Å². The van der Waals surface area contributed by atoms with E-state index in [0.29, 0.717) is 0 Å². The number of anilines is 2. The van der Waals surface area contributed by atoms with Crippen LogP contribution in [0.1, 0.15) is 31.9 Å². The predicted octanol–water partition coefficient (Wildman–Crippen LogP) is 5.83. The van der Waals surface area contributed by atoms with Crippen LogP contribution in [-0.4, -0.2) is 6.64 Å². The van der Waals surface area contributed by atoms with E-state index in [2.05, 4.69) is 109 Å². The van der Waals surface area contributed by atoms with Crippen LogP contribution in [0.15, 0.2) is 90.3 Å². The summed E-state index contributed by atoms with van der Waals surface area (Å²) in [4.78, 5) is 4.38. The van der Waals surface area contributed by atoms with E-state index < -0.39 is 6.64 Å². The maximum Gasteiger partial charge on any atom is 0.0995 e. The fourth-order valence-electron chi connectivity index (χ4n) is 4.71. The van der Waals surface area contributed by atoms with Crippen LogP contribution < -0.4 is 9.80 Å². The Morgan fingerprint density at radius 1 is 0.778 bits per heavy atom. The number of aryl methyl sites for hydroxylation is 1. The molecule has 3 aromatic rings. The van der Waals surface area contributed by atoms with Gasteiger partial charge in [-0.3, -0.25) is 0 Å². The van der Waals surface area contributed by atoms with Gasteiger partial charge in [0, 0.05) is 17.1 Å². The van der Waals surface area contributed by atoms with E-state index in [1.54, 1.807) is 0 Å². The van der Waals surface area contributed by atoms with Gasteiger partial charge >= 0.3 is 0 Å². The lowest BCUT2D eigenvalue weighted by atomic mass is 9.75. The lowest BCUT2D eigenvalue weighted by Crippen LogP contribution is -2.28. The fourth-order valence-corrected chi connectivity index (χ4v) is 4.71. The Hall–Kier alpha value is -3.00. The molecular weight excluding hydrogens is 328 g/mol. The molecule has 134 valence electrons. The predicted molar refractivity (Wildman–Crippen MR) is 113 cm³/mol. The third kappa shape index (κ3) is 2.13. The molecule has 0 bridgehead atoms. The number of para-hydroxylation sites is 2. The van der Waals surface area contributed by atoms with Gasteiger partial charge in [0.1, 0.15) is 0 Å². The van der Waals surface area contributed by atoms with Crippen molar-refractivity contribution in [2.75, 3.05) is 16.4 Å². The van der Waals surface area contributed by atoms with Crippen molar-refractivity contribution in [2.24, 2.45) is 0 Å². The summed E-state index contributed by atoms with van der Waals surface area (Å²) in [5, 5.41) is 0. The SMILES string of the molecule is [2H]C1N(c2ccccc2C)C(C)=C2N1c1ccccc1C2(C)c1ccccc1. The number of rotatable bonds is 2. The van der Waals surface area contributed by atoms with E-state index in [1.165, 1.54) is 22.4 Å². The molecule has 0 N–H and O–H groups in total. The molecule has 27 heavy (non-hydrogen) atoms. The van der Waals surface area contributed by atoms with Crippen molar-refractivity contribution in [1.82, 2.24) is 0 Å². The third-order valence-electron chi connectivity index (χ3n) is 6.08. The Morgan fingerprint density at radius 3 is 2.15 bits per heavy atom. The second kappa shape index (κ2) is 5.75. The first-order valence-electron chi connectivity index (χ1n) is 10.1. The van der Waals surface area contributed by atoms with Crippen molar-refractivity contribution in [1.29, 1.82) is 0 Å². The molecule has 0 fully saturated rings. The van der Waals surface area contributed by atoms with Gasteiger partial charge in [0.25, 0.3) is 0 Å². The fraction of sp³-hybridized carbons (Fsp3) is 0.200. The summed E-state index contributed by atoms with van der Waals surface area (Å²) >= 11 is 0. The zero-order valence-corrected chi connectivity index (χ0v) is 16.0. The molecule has 2 nitrogen and oxygen atoms in total. The molecular formula is C25H24N2. The average molecular weight is 353 g/mol. The zero-order chi connectivity index (χ0) is 19.5. The van der Waals surface area contributed by atoms with Gasteiger partial charge in [-0.25, -0.2) is 0 Å². The second-order valence-electron chi connectivity index (χ2n) is 7.58. The number of benzene rings is 3. The first-order chi connectivity index (χ1) is 13.5. The molecule has 2 aliphatic rings. The number of fused-ring (bicyclic) bond motifs is 3. The summed E-state index contributed by atoms with van der Waals surface area (Å²) in [5.74, 6) is 0. The normalized spacial score (nSPS) is 24.1. The maximum absolute atomic E-state index is 9.16. The maximum atomic E-state index is 9.16. The van der Waals surface area contributed by atoms with Crippen LogP contribution in [-0.2, 0) is 5.41 Å². The molecule has 0 aromatic heterocycles. The van der Waals surface area contributed by atoms with Crippen molar-refractivity contribution < 1.29 is 1.37 Å². The molecule has 2 heterocycles. The third-order valence-corrected chi connectivity index (χ3v) is 6.08. The molecule has 0 spiro atoms. The van der Waals surface area contributed by atoms with Gasteiger partial charge in [0.2, 0.25) is 0 Å². The summed E-state index contributed by atoms with van der Waals surface area (Å²) in [5.41, 5.74) is 8.05. The van der Waals surface area contributed by atoms with E-state index >= 15 is 0 Å². The zero-order valence-electron chi connectivity index (χ0n) is 17.0. The molecule has 0 amide bonds. The number of allylic oxidation sites excluding steroid dienone is 2. The average Bonchev–Trinajstić information content (AvgIpc) is 3.15. The van der Waals surface area contributed by atoms with Crippen molar-refractivity contribution >= 4 is 11.4 Å². The number of nitrogens with zero attached hydrogens (tertiary/aromatic N) is 2. The van der Waals surface area contributed by atoms with Gasteiger partial charge in [-0.1, -0.05) is 66.7 Å². The summed E-state index contributed by atoms with van der Waals surface area (Å²) in [6.07, 6.45) is 0. The van der Waals surface area contributed by atoms with Gasteiger partial charge in [-0.15, -0.1) is 0 Å². The molecule has 0 saturated carbocycles. The Labute approximate surface area is 162 Å².